The maximum atomic E-state index is 14.2. The van der Waals surface area contributed by atoms with Crippen LogP contribution >= 0.6 is 23.2 Å². The van der Waals surface area contributed by atoms with E-state index in [0.717, 1.165) is 12.1 Å². The van der Waals surface area contributed by atoms with Crippen LogP contribution < -0.4 is 0 Å². The number of carbonyl (C=O) groups excluding carboxylic acids is 1. The number of carbonyl (C=O) groups is 1. The number of aliphatic hydroxyl groups excluding tert-OH is 1. The van der Waals surface area contributed by atoms with E-state index < -0.39 is 34.2 Å². The Hall–Kier alpha value is -1.94. The molecule has 33 heavy (non-hydrogen) atoms. The zero-order valence-electron chi connectivity index (χ0n) is 17.2. The largest absolute Gasteiger partial charge is 0.438 e. The lowest BCUT2D eigenvalue weighted by molar-refractivity contribution is -0.296. The van der Waals surface area contributed by atoms with E-state index in [1.165, 1.54) is 24.3 Å². The maximum Gasteiger partial charge on any atom is 0.438 e. The zero-order valence-corrected chi connectivity index (χ0v) is 19.5. The van der Waals surface area contributed by atoms with Gasteiger partial charge in [0, 0.05) is 55.5 Å². The van der Waals surface area contributed by atoms with E-state index in [1.54, 1.807) is 6.92 Å². The average Bonchev–Trinajstić information content (AvgIpc) is 3.04. The van der Waals surface area contributed by atoms with Gasteiger partial charge in [0.1, 0.15) is 5.71 Å². The van der Waals surface area contributed by atoms with Gasteiger partial charge < -0.3 is 9.94 Å². The van der Waals surface area contributed by atoms with Crippen LogP contribution in [0.25, 0.3) is 0 Å². The van der Waals surface area contributed by atoms with Crippen molar-refractivity contribution in [2.45, 2.75) is 31.2 Å². The molecule has 2 unspecified atom stereocenters. The van der Waals surface area contributed by atoms with Crippen molar-refractivity contribution < 1.29 is 32.1 Å². The lowest BCUT2D eigenvalue weighted by atomic mass is 9.83. The minimum absolute atomic E-state index is 0.0561. The van der Waals surface area contributed by atoms with Gasteiger partial charge in [-0.15, -0.1) is 0 Å². The molecule has 11 heteroatoms. The molecule has 2 heterocycles. The molecule has 176 valence electrons. The van der Waals surface area contributed by atoms with Gasteiger partial charge in [0.25, 0.3) is 5.60 Å². The summed E-state index contributed by atoms with van der Waals surface area (Å²) in [6.07, 6.45) is -7.01. The van der Waals surface area contributed by atoms with E-state index >= 15 is 0 Å². The Morgan fingerprint density at radius 3 is 2.39 bits per heavy atom. The minimum Gasteiger partial charge on any atom is -0.382 e. The van der Waals surface area contributed by atoms with Crippen LogP contribution in [0.2, 0.25) is 10.0 Å². The van der Waals surface area contributed by atoms with Gasteiger partial charge in [-0.1, -0.05) is 40.5 Å². The van der Waals surface area contributed by atoms with Gasteiger partial charge in [-0.25, -0.2) is 0 Å². The van der Waals surface area contributed by atoms with Crippen LogP contribution in [0.4, 0.5) is 13.2 Å². The molecule has 0 aromatic heterocycles. The average molecular weight is 520 g/mol. The first-order valence-corrected chi connectivity index (χ1v) is 12.1. The zero-order chi connectivity index (χ0) is 24.1. The van der Waals surface area contributed by atoms with Crippen molar-refractivity contribution in [1.82, 2.24) is 0 Å². The third-order valence-corrected chi connectivity index (χ3v) is 7.91. The molecule has 0 aliphatic carbocycles. The molecule has 1 N–H and O–H groups in total. The second-order valence-corrected chi connectivity index (χ2v) is 10.6. The number of nitrogens with zero attached hydrogens (tertiary/aromatic N) is 1. The highest BCUT2D eigenvalue weighted by molar-refractivity contribution is 7.86. The van der Waals surface area contributed by atoms with Crippen LogP contribution in [0.5, 0.6) is 0 Å². The van der Waals surface area contributed by atoms with Crippen LogP contribution in [0.3, 0.4) is 0 Å². The fourth-order valence-corrected chi connectivity index (χ4v) is 5.79. The Kier molecular flexibility index (Phi) is 6.37. The van der Waals surface area contributed by atoms with E-state index in [2.05, 4.69) is 5.16 Å². The Morgan fingerprint density at radius 2 is 1.85 bits per heavy atom. The number of alkyl halides is 3. The van der Waals surface area contributed by atoms with Gasteiger partial charge in [-0.2, -0.15) is 13.2 Å². The summed E-state index contributed by atoms with van der Waals surface area (Å²) in [6, 6.07) is 7.69. The van der Waals surface area contributed by atoms with Gasteiger partial charge in [-0.05, 0) is 42.7 Å². The number of rotatable bonds is 5. The maximum absolute atomic E-state index is 14.2. The smallest absolute Gasteiger partial charge is 0.382 e. The normalized spacial score (nSPS) is 27.0. The monoisotopic (exact) mass is 519 g/mol. The summed E-state index contributed by atoms with van der Waals surface area (Å²) >= 11 is 11.8. The molecule has 0 spiro atoms. The van der Waals surface area contributed by atoms with Gasteiger partial charge >= 0.3 is 6.18 Å². The SMILES string of the molecule is Cc1cc(C2=NOC(c3cc(Cl)cc(Cl)c3)(C(F)(F)F)C2O)ccc1C(=O)CC1CS(=O)C1. The number of oxime groups is 1. The highest BCUT2D eigenvalue weighted by atomic mass is 35.5. The molecule has 2 aromatic rings. The molecule has 0 amide bonds. The number of hydrogen-bond donors (Lipinski definition) is 1. The summed E-state index contributed by atoms with van der Waals surface area (Å²) in [7, 11) is -0.862. The molecule has 0 bridgehead atoms. The molecule has 2 atom stereocenters. The van der Waals surface area contributed by atoms with E-state index in [4.69, 9.17) is 28.0 Å². The molecule has 2 aliphatic rings. The summed E-state index contributed by atoms with van der Waals surface area (Å²) in [6.45, 7) is 1.65. The predicted octanol–water partition coefficient (Wildman–Crippen LogP) is 4.81. The summed E-state index contributed by atoms with van der Waals surface area (Å²) in [5.74, 6) is 0.930. The minimum atomic E-state index is -5.06. The molecule has 0 saturated carbocycles. The lowest BCUT2D eigenvalue weighted by Gasteiger charge is -2.32. The van der Waals surface area contributed by atoms with E-state index in [9.17, 15) is 27.3 Å². The number of aliphatic hydroxyl groups is 1. The molecule has 2 aliphatic heterocycles. The van der Waals surface area contributed by atoms with Crippen LogP contribution in [0, 0.1) is 12.8 Å². The van der Waals surface area contributed by atoms with Crippen molar-refractivity contribution in [1.29, 1.82) is 0 Å². The first kappa shape index (κ1) is 24.2. The van der Waals surface area contributed by atoms with Crippen molar-refractivity contribution in [3.05, 3.63) is 68.7 Å². The molecular weight excluding hydrogens is 502 g/mol. The molecule has 1 fully saturated rings. The van der Waals surface area contributed by atoms with Gasteiger partial charge in [0.2, 0.25) is 0 Å². The van der Waals surface area contributed by atoms with Crippen LogP contribution in [0.15, 0.2) is 41.6 Å². The number of hydrogen-bond acceptors (Lipinski definition) is 5. The van der Waals surface area contributed by atoms with Crippen molar-refractivity contribution >= 4 is 45.5 Å². The van der Waals surface area contributed by atoms with Crippen molar-refractivity contribution in [2.24, 2.45) is 11.1 Å². The van der Waals surface area contributed by atoms with Gasteiger partial charge in [-0.3, -0.25) is 9.00 Å². The van der Waals surface area contributed by atoms with E-state index in [-0.39, 0.29) is 39.4 Å². The van der Waals surface area contributed by atoms with Crippen molar-refractivity contribution in [2.75, 3.05) is 11.5 Å². The van der Waals surface area contributed by atoms with Crippen molar-refractivity contribution in [3.8, 4) is 0 Å². The second kappa shape index (κ2) is 8.69. The Balaban J connectivity index is 1.64. The standard InChI is InChI=1S/C22H18Cl2F3NO4S/c1-11-4-13(2-3-17(11)18(29)5-12-9-33(31)10-12)19-20(30)21(32-28-19,22(25,26)27)14-6-15(23)8-16(24)7-14/h2-4,6-8,12,20,30H,5,9-10H2,1H3. The van der Waals surface area contributed by atoms with Crippen LogP contribution in [0.1, 0.15) is 33.5 Å². The summed E-state index contributed by atoms with van der Waals surface area (Å²) in [5, 5.41) is 14.3. The van der Waals surface area contributed by atoms with E-state index in [0.29, 0.717) is 22.6 Å². The molecule has 4 rings (SSSR count). The second-order valence-electron chi connectivity index (χ2n) is 8.16. The van der Waals surface area contributed by atoms with Gasteiger partial charge in [0.05, 0.1) is 0 Å². The highest BCUT2D eigenvalue weighted by Gasteiger charge is 2.68. The highest BCUT2D eigenvalue weighted by Crippen LogP contribution is 2.50. The van der Waals surface area contributed by atoms with E-state index in [1.807, 2.05) is 0 Å². The molecule has 5 nitrogen and oxygen atoms in total. The first-order chi connectivity index (χ1) is 15.4. The summed E-state index contributed by atoms with van der Waals surface area (Å²) in [4.78, 5) is 17.5. The fourth-order valence-electron chi connectivity index (χ4n) is 4.08. The van der Waals surface area contributed by atoms with Crippen LogP contribution in [-0.4, -0.2) is 44.6 Å². The van der Waals surface area contributed by atoms with Crippen LogP contribution in [-0.2, 0) is 21.2 Å². The number of ketones is 1. The topological polar surface area (TPSA) is 76.0 Å². The molecule has 0 radical (unpaired) electrons. The molecule has 2 aromatic carbocycles. The Labute approximate surface area is 200 Å². The Morgan fingerprint density at radius 1 is 1.21 bits per heavy atom. The van der Waals surface area contributed by atoms with Gasteiger partial charge in [0.15, 0.2) is 11.9 Å². The molecule has 1 saturated heterocycles. The predicted molar refractivity (Wildman–Crippen MR) is 119 cm³/mol. The molecular formula is C22H18Cl2F3NO4S. The third kappa shape index (κ3) is 4.32. The number of Topliss-reactive ketones (excluding diaryl/α,β-unsaturated/α-hetero) is 1. The fraction of sp³-hybridized carbons (Fsp3) is 0.364. The number of halogens is 5. The number of benzene rings is 2. The lowest BCUT2D eigenvalue weighted by Crippen LogP contribution is -2.52. The third-order valence-electron chi connectivity index (χ3n) is 5.78. The van der Waals surface area contributed by atoms with Crippen molar-refractivity contribution in [3.63, 3.8) is 0 Å². The quantitative estimate of drug-likeness (QED) is 0.575. The Bertz CT molecular complexity index is 1160. The summed E-state index contributed by atoms with van der Waals surface area (Å²) < 4.78 is 53.9. The first-order valence-electron chi connectivity index (χ1n) is 9.89. The summed E-state index contributed by atoms with van der Waals surface area (Å²) in [5.41, 5.74) is -2.91. The number of aryl methyl sites for hydroxylation is 1.